The molecule has 2 fully saturated rings. The second kappa shape index (κ2) is 4.47. The topological polar surface area (TPSA) is 15.3 Å². The molecule has 2 heterocycles. The third-order valence-corrected chi connectivity index (χ3v) is 4.61. The van der Waals surface area contributed by atoms with Crippen molar-refractivity contribution in [3.8, 4) is 0 Å². The molecule has 0 amide bonds. The Kier molecular flexibility index (Phi) is 3.01. The van der Waals surface area contributed by atoms with Gasteiger partial charge in [-0.1, -0.05) is 0 Å². The lowest BCUT2D eigenvalue weighted by molar-refractivity contribution is 0.272. The van der Waals surface area contributed by atoms with E-state index in [1.54, 1.807) is 0 Å². The average molecular weight is 236 g/mol. The van der Waals surface area contributed by atoms with E-state index in [4.69, 9.17) is 0 Å². The molecule has 1 saturated heterocycles. The van der Waals surface area contributed by atoms with Crippen LogP contribution in [0.2, 0.25) is 0 Å². The average Bonchev–Trinajstić information content (AvgIpc) is 2.82. The van der Waals surface area contributed by atoms with E-state index in [0.717, 1.165) is 12.0 Å². The maximum Gasteiger partial charge on any atom is 0.0394 e. The lowest BCUT2D eigenvalue weighted by Gasteiger charge is -2.24. The summed E-state index contributed by atoms with van der Waals surface area (Å²) in [6, 6.07) is 3.79. The molecule has 2 atom stereocenters. The molecule has 2 unspecified atom stereocenters. The highest BCUT2D eigenvalue weighted by Gasteiger charge is 2.34. The number of hydrogen-bond acceptors (Lipinski definition) is 3. The van der Waals surface area contributed by atoms with Gasteiger partial charge in [0.15, 0.2) is 0 Å². The zero-order chi connectivity index (χ0) is 11.0. The molecule has 1 N–H and O–H groups in total. The van der Waals surface area contributed by atoms with Crippen molar-refractivity contribution >= 4 is 11.3 Å². The van der Waals surface area contributed by atoms with Crippen molar-refractivity contribution in [3.05, 3.63) is 22.4 Å². The van der Waals surface area contributed by atoms with Gasteiger partial charge >= 0.3 is 0 Å². The summed E-state index contributed by atoms with van der Waals surface area (Å²) < 4.78 is 0. The third kappa shape index (κ3) is 2.17. The number of nitrogens with zero attached hydrogens (tertiary/aromatic N) is 1. The van der Waals surface area contributed by atoms with Crippen molar-refractivity contribution in [3.63, 3.8) is 0 Å². The van der Waals surface area contributed by atoms with Gasteiger partial charge in [0.2, 0.25) is 0 Å². The van der Waals surface area contributed by atoms with Crippen LogP contribution in [-0.4, -0.2) is 31.1 Å². The van der Waals surface area contributed by atoms with Crippen LogP contribution >= 0.6 is 11.3 Å². The van der Waals surface area contributed by atoms with Gasteiger partial charge in [-0.05, 0) is 61.2 Å². The van der Waals surface area contributed by atoms with E-state index < -0.39 is 0 Å². The Bertz CT molecular complexity index is 332. The predicted molar refractivity (Wildman–Crippen MR) is 68.8 cm³/mol. The lowest BCUT2D eigenvalue weighted by Crippen LogP contribution is -2.29. The lowest BCUT2D eigenvalue weighted by atomic mass is 9.95. The maximum absolute atomic E-state index is 3.69. The normalized spacial score (nSPS) is 31.1. The van der Waals surface area contributed by atoms with Crippen molar-refractivity contribution in [1.82, 2.24) is 10.2 Å². The van der Waals surface area contributed by atoms with E-state index in [9.17, 15) is 0 Å². The molecule has 3 heteroatoms. The molecule has 0 spiro atoms. The Balaban J connectivity index is 1.66. The highest BCUT2D eigenvalue weighted by atomic mass is 32.1. The second-order valence-electron chi connectivity index (χ2n) is 5.21. The van der Waals surface area contributed by atoms with Crippen molar-refractivity contribution in [2.45, 2.75) is 31.3 Å². The number of nitrogens with one attached hydrogen (secondary N) is 1. The first-order chi connectivity index (χ1) is 7.84. The summed E-state index contributed by atoms with van der Waals surface area (Å²) in [4.78, 5) is 2.52. The molecule has 2 aliphatic rings. The molecule has 1 aliphatic carbocycles. The highest BCUT2D eigenvalue weighted by Crippen LogP contribution is 2.37. The minimum absolute atomic E-state index is 0.650. The molecule has 0 radical (unpaired) electrons. The van der Waals surface area contributed by atoms with Crippen LogP contribution in [0.5, 0.6) is 0 Å². The van der Waals surface area contributed by atoms with Gasteiger partial charge < -0.3 is 5.32 Å². The molecular formula is C13H20N2S. The molecule has 0 aromatic carbocycles. The van der Waals surface area contributed by atoms with E-state index in [1.165, 1.54) is 37.9 Å². The van der Waals surface area contributed by atoms with Crippen LogP contribution in [0.4, 0.5) is 0 Å². The number of likely N-dealkylation sites (tertiary alicyclic amines) is 1. The molecule has 0 bridgehead atoms. The Morgan fingerprint density at radius 2 is 2.31 bits per heavy atom. The smallest absolute Gasteiger partial charge is 0.0394 e. The van der Waals surface area contributed by atoms with Crippen LogP contribution in [0.25, 0.3) is 0 Å². The van der Waals surface area contributed by atoms with Gasteiger partial charge in [-0.15, -0.1) is 0 Å². The summed E-state index contributed by atoms with van der Waals surface area (Å²) in [5.74, 6) is 0.806. The Labute approximate surface area is 102 Å². The minimum Gasteiger partial charge on any atom is -0.314 e. The van der Waals surface area contributed by atoms with Crippen molar-refractivity contribution in [1.29, 1.82) is 0 Å². The fourth-order valence-electron chi connectivity index (χ4n) is 2.82. The molecule has 1 aliphatic heterocycles. The van der Waals surface area contributed by atoms with Gasteiger partial charge in [0.05, 0.1) is 0 Å². The molecule has 1 aromatic rings. The van der Waals surface area contributed by atoms with Crippen LogP contribution in [0.15, 0.2) is 16.8 Å². The fourth-order valence-corrected chi connectivity index (χ4v) is 3.50. The zero-order valence-electron chi connectivity index (χ0n) is 9.86. The SMILES string of the molecule is CN1CCC(CNC2CC2)C1c1ccsc1. The standard InChI is InChI=1S/C13H20N2S/c1-15-6-4-10(8-14-12-2-3-12)13(15)11-5-7-16-9-11/h5,7,9-10,12-14H,2-4,6,8H2,1H3. The van der Waals surface area contributed by atoms with E-state index >= 15 is 0 Å². The van der Waals surface area contributed by atoms with Crippen molar-refractivity contribution in [2.24, 2.45) is 5.92 Å². The summed E-state index contributed by atoms with van der Waals surface area (Å²) in [5.41, 5.74) is 1.52. The van der Waals surface area contributed by atoms with Gasteiger partial charge in [-0.25, -0.2) is 0 Å². The molecule has 16 heavy (non-hydrogen) atoms. The van der Waals surface area contributed by atoms with Crippen LogP contribution in [0.1, 0.15) is 30.9 Å². The quantitative estimate of drug-likeness (QED) is 0.864. The van der Waals surface area contributed by atoms with Crippen LogP contribution in [0, 0.1) is 5.92 Å². The third-order valence-electron chi connectivity index (χ3n) is 3.90. The van der Waals surface area contributed by atoms with Crippen molar-refractivity contribution in [2.75, 3.05) is 20.1 Å². The summed E-state index contributed by atoms with van der Waals surface area (Å²) in [6.07, 6.45) is 4.13. The summed E-state index contributed by atoms with van der Waals surface area (Å²) in [7, 11) is 2.26. The summed E-state index contributed by atoms with van der Waals surface area (Å²) >= 11 is 1.82. The van der Waals surface area contributed by atoms with E-state index in [-0.39, 0.29) is 0 Å². The van der Waals surface area contributed by atoms with Gasteiger partial charge in [0.1, 0.15) is 0 Å². The molecule has 1 aromatic heterocycles. The first-order valence-electron chi connectivity index (χ1n) is 6.30. The van der Waals surface area contributed by atoms with Crippen molar-refractivity contribution < 1.29 is 0 Å². The maximum atomic E-state index is 3.69. The minimum atomic E-state index is 0.650. The Hall–Kier alpha value is -0.380. The van der Waals surface area contributed by atoms with Gasteiger partial charge in [-0.2, -0.15) is 11.3 Å². The molecular weight excluding hydrogens is 216 g/mol. The largest absolute Gasteiger partial charge is 0.314 e. The second-order valence-corrected chi connectivity index (χ2v) is 5.99. The molecule has 3 rings (SSSR count). The van der Waals surface area contributed by atoms with Gasteiger partial charge in [-0.3, -0.25) is 4.90 Å². The summed E-state index contributed by atoms with van der Waals surface area (Å²) in [6.45, 7) is 2.45. The van der Waals surface area contributed by atoms with Gasteiger partial charge in [0.25, 0.3) is 0 Å². The fraction of sp³-hybridized carbons (Fsp3) is 0.692. The van der Waals surface area contributed by atoms with E-state index in [0.29, 0.717) is 6.04 Å². The van der Waals surface area contributed by atoms with E-state index in [2.05, 4.69) is 34.1 Å². The number of rotatable bonds is 4. The first-order valence-corrected chi connectivity index (χ1v) is 7.24. The molecule has 1 saturated carbocycles. The van der Waals surface area contributed by atoms with Crippen LogP contribution in [-0.2, 0) is 0 Å². The predicted octanol–water partition coefficient (Wildman–Crippen LogP) is 2.49. The molecule has 2 nitrogen and oxygen atoms in total. The number of thiophene rings is 1. The Morgan fingerprint density at radius 3 is 3.00 bits per heavy atom. The summed E-state index contributed by atoms with van der Waals surface area (Å²) in [5, 5.41) is 8.21. The first kappa shape index (κ1) is 10.8. The number of hydrogen-bond donors (Lipinski definition) is 1. The monoisotopic (exact) mass is 236 g/mol. The van der Waals surface area contributed by atoms with Gasteiger partial charge in [0, 0.05) is 18.6 Å². The van der Waals surface area contributed by atoms with E-state index in [1.807, 2.05) is 11.3 Å². The zero-order valence-corrected chi connectivity index (χ0v) is 10.7. The molecule has 88 valence electrons. The Morgan fingerprint density at radius 1 is 1.44 bits per heavy atom. The van der Waals surface area contributed by atoms with Crippen LogP contribution < -0.4 is 5.32 Å². The highest BCUT2D eigenvalue weighted by molar-refractivity contribution is 7.07. The van der Waals surface area contributed by atoms with Crippen LogP contribution in [0.3, 0.4) is 0 Å².